The largest absolute Gasteiger partial charge is 0.432 e. The van der Waals surface area contributed by atoms with Crippen LogP contribution in [0.3, 0.4) is 0 Å². The van der Waals surface area contributed by atoms with Crippen molar-refractivity contribution in [1.82, 2.24) is 5.32 Å². The summed E-state index contributed by atoms with van der Waals surface area (Å²) in [5.74, 6) is -1.63. The van der Waals surface area contributed by atoms with Gasteiger partial charge >= 0.3 is 12.6 Å². The van der Waals surface area contributed by atoms with Crippen molar-refractivity contribution in [3.05, 3.63) is 24.0 Å². The van der Waals surface area contributed by atoms with E-state index in [4.69, 9.17) is 5.11 Å². The first-order valence-electron chi connectivity index (χ1n) is 5.35. The lowest BCUT2D eigenvalue weighted by molar-refractivity contribution is -0.0521. The molecule has 1 unspecified atom stereocenters. The average molecular weight is 278 g/mol. The van der Waals surface area contributed by atoms with E-state index in [1.54, 1.807) is 6.92 Å². The van der Waals surface area contributed by atoms with Gasteiger partial charge in [-0.05, 0) is 19.1 Å². The van der Waals surface area contributed by atoms with E-state index in [0.29, 0.717) is 0 Å². The molecule has 0 fully saturated rings. The number of hydrogen-bond donors (Lipinski definition) is 3. The summed E-state index contributed by atoms with van der Waals surface area (Å²) in [5.41, 5.74) is 0.0711. The van der Waals surface area contributed by atoms with E-state index in [1.165, 1.54) is 6.07 Å². The van der Waals surface area contributed by atoms with Crippen LogP contribution < -0.4 is 15.4 Å². The number of carbonyl (C=O) groups excluding carboxylic acids is 1. The first-order valence-corrected chi connectivity index (χ1v) is 5.35. The first kappa shape index (κ1) is 15.1. The van der Waals surface area contributed by atoms with Crippen LogP contribution in [0, 0.1) is 5.82 Å². The monoisotopic (exact) mass is 278 g/mol. The number of anilines is 1. The van der Waals surface area contributed by atoms with Gasteiger partial charge in [0.05, 0.1) is 12.6 Å². The van der Waals surface area contributed by atoms with Crippen LogP contribution in [0.25, 0.3) is 0 Å². The van der Waals surface area contributed by atoms with Crippen LogP contribution >= 0.6 is 0 Å². The van der Waals surface area contributed by atoms with Gasteiger partial charge in [-0.1, -0.05) is 0 Å². The van der Waals surface area contributed by atoms with Crippen LogP contribution in [0.1, 0.15) is 6.92 Å². The van der Waals surface area contributed by atoms with Crippen molar-refractivity contribution < 1.29 is 27.8 Å². The summed E-state index contributed by atoms with van der Waals surface area (Å²) in [6.45, 7) is -1.80. The minimum Gasteiger partial charge on any atom is -0.432 e. The Kier molecular flexibility index (Phi) is 5.43. The molecule has 0 radical (unpaired) electrons. The van der Waals surface area contributed by atoms with E-state index >= 15 is 0 Å². The standard InChI is InChI=1S/C11H13F3N2O3/c1-6(5-17)15-11(18)16-7-2-3-9(8(12)4-7)19-10(13)14/h2-4,6,10,17H,5H2,1H3,(H2,15,16,18). The molecule has 1 rings (SSSR count). The fraction of sp³-hybridized carbons (Fsp3) is 0.364. The van der Waals surface area contributed by atoms with Gasteiger partial charge in [0.15, 0.2) is 11.6 Å². The molecular weight excluding hydrogens is 265 g/mol. The highest BCUT2D eigenvalue weighted by molar-refractivity contribution is 5.89. The second-order valence-electron chi connectivity index (χ2n) is 3.71. The van der Waals surface area contributed by atoms with Crippen LogP contribution in [-0.2, 0) is 0 Å². The first-order chi connectivity index (χ1) is 8.92. The molecule has 0 aliphatic carbocycles. The molecule has 0 saturated heterocycles. The molecule has 1 aromatic rings. The molecule has 1 aromatic carbocycles. The summed E-state index contributed by atoms with van der Waals surface area (Å²) in [7, 11) is 0. The normalized spacial score (nSPS) is 12.1. The van der Waals surface area contributed by atoms with Gasteiger partial charge in [-0.15, -0.1) is 0 Å². The molecule has 19 heavy (non-hydrogen) atoms. The molecular formula is C11H13F3N2O3. The summed E-state index contributed by atoms with van der Waals surface area (Å²) in [4.78, 5) is 11.3. The van der Waals surface area contributed by atoms with Crippen molar-refractivity contribution in [2.24, 2.45) is 0 Å². The number of carbonyl (C=O) groups is 1. The molecule has 5 nitrogen and oxygen atoms in total. The fourth-order valence-electron chi connectivity index (χ4n) is 1.21. The Labute approximate surface area is 107 Å². The molecule has 106 valence electrons. The summed E-state index contributed by atoms with van der Waals surface area (Å²) < 4.78 is 41.0. The van der Waals surface area contributed by atoms with Crippen molar-refractivity contribution >= 4 is 11.7 Å². The number of aliphatic hydroxyl groups excluding tert-OH is 1. The summed E-state index contributed by atoms with van der Waals surface area (Å²) in [5, 5.41) is 13.4. The Bertz CT molecular complexity index is 443. The molecule has 0 aliphatic heterocycles. The van der Waals surface area contributed by atoms with Gasteiger partial charge in [-0.2, -0.15) is 8.78 Å². The molecule has 0 heterocycles. The minimum absolute atomic E-state index is 0.0711. The van der Waals surface area contributed by atoms with Crippen molar-refractivity contribution in [3.8, 4) is 5.75 Å². The average Bonchev–Trinajstić information content (AvgIpc) is 2.32. The predicted molar refractivity (Wildman–Crippen MR) is 61.7 cm³/mol. The minimum atomic E-state index is -3.12. The van der Waals surface area contributed by atoms with E-state index in [-0.39, 0.29) is 12.3 Å². The maximum atomic E-state index is 13.3. The Morgan fingerprint density at radius 3 is 2.68 bits per heavy atom. The number of nitrogens with one attached hydrogen (secondary N) is 2. The van der Waals surface area contributed by atoms with E-state index in [1.807, 2.05) is 0 Å². The van der Waals surface area contributed by atoms with Crippen LogP contribution in [0.2, 0.25) is 0 Å². The number of benzene rings is 1. The molecule has 0 aromatic heterocycles. The number of aliphatic hydroxyl groups is 1. The molecule has 3 N–H and O–H groups in total. The number of hydrogen-bond acceptors (Lipinski definition) is 3. The second-order valence-corrected chi connectivity index (χ2v) is 3.71. The predicted octanol–water partition coefficient (Wildman–Crippen LogP) is 1.93. The number of urea groups is 1. The quantitative estimate of drug-likeness (QED) is 0.770. The maximum absolute atomic E-state index is 13.3. The zero-order chi connectivity index (χ0) is 14.4. The number of alkyl halides is 2. The Hall–Kier alpha value is -1.96. The highest BCUT2D eigenvalue weighted by Crippen LogP contribution is 2.22. The molecule has 0 aliphatic rings. The Balaban J connectivity index is 2.65. The van der Waals surface area contributed by atoms with Gasteiger partial charge in [-0.3, -0.25) is 0 Å². The lowest BCUT2D eigenvalue weighted by Crippen LogP contribution is -2.38. The van der Waals surface area contributed by atoms with E-state index < -0.39 is 30.3 Å². The zero-order valence-corrected chi connectivity index (χ0v) is 9.99. The van der Waals surface area contributed by atoms with Crippen molar-refractivity contribution in [2.45, 2.75) is 19.6 Å². The zero-order valence-electron chi connectivity index (χ0n) is 9.99. The summed E-state index contributed by atoms with van der Waals surface area (Å²) in [6, 6.07) is 1.92. The van der Waals surface area contributed by atoms with Gasteiger partial charge in [-0.25, -0.2) is 9.18 Å². The molecule has 8 heteroatoms. The van der Waals surface area contributed by atoms with E-state index in [9.17, 15) is 18.0 Å². The summed E-state index contributed by atoms with van der Waals surface area (Å²) >= 11 is 0. The molecule has 1 atom stereocenters. The molecule has 0 bridgehead atoms. The third-order valence-corrected chi connectivity index (χ3v) is 2.06. The number of ether oxygens (including phenoxy) is 1. The lowest BCUT2D eigenvalue weighted by atomic mass is 10.3. The number of rotatable bonds is 5. The van der Waals surface area contributed by atoms with Gasteiger partial charge in [0.1, 0.15) is 0 Å². The number of amides is 2. The third-order valence-electron chi connectivity index (χ3n) is 2.06. The van der Waals surface area contributed by atoms with Crippen molar-refractivity contribution in [2.75, 3.05) is 11.9 Å². The van der Waals surface area contributed by atoms with Crippen molar-refractivity contribution in [3.63, 3.8) is 0 Å². The second kappa shape index (κ2) is 6.83. The molecule has 0 saturated carbocycles. The smallest absolute Gasteiger partial charge is 0.387 e. The van der Waals surface area contributed by atoms with Crippen molar-refractivity contribution in [1.29, 1.82) is 0 Å². The topological polar surface area (TPSA) is 70.6 Å². The van der Waals surface area contributed by atoms with Crippen LogP contribution in [-0.4, -0.2) is 30.4 Å². The molecule has 2 amide bonds. The Morgan fingerprint density at radius 2 is 2.16 bits per heavy atom. The fourth-order valence-corrected chi connectivity index (χ4v) is 1.21. The third kappa shape index (κ3) is 5.04. The van der Waals surface area contributed by atoms with Gasteiger partial charge in [0, 0.05) is 11.8 Å². The van der Waals surface area contributed by atoms with Gasteiger partial charge in [0.25, 0.3) is 0 Å². The van der Waals surface area contributed by atoms with E-state index in [2.05, 4.69) is 15.4 Å². The molecule has 0 spiro atoms. The van der Waals surface area contributed by atoms with Crippen LogP contribution in [0.4, 0.5) is 23.7 Å². The van der Waals surface area contributed by atoms with Gasteiger partial charge < -0.3 is 20.5 Å². The van der Waals surface area contributed by atoms with Crippen LogP contribution in [0.15, 0.2) is 18.2 Å². The van der Waals surface area contributed by atoms with Gasteiger partial charge in [0.2, 0.25) is 0 Å². The number of halogens is 3. The highest BCUT2D eigenvalue weighted by Gasteiger charge is 2.12. The maximum Gasteiger partial charge on any atom is 0.387 e. The summed E-state index contributed by atoms with van der Waals surface area (Å²) in [6.07, 6.45) is 0. The Morgan fingerprint density at radius 1 is 1.47 bits per heavy atom. The SMILES string of the molecule is CC(CO)NC(=O)Nc1ccc(OC(F)F)c(F)c1. The van der Waals surface area contributed by atoms with Crippen LogP contribution in [0.5, 0.6) is 5.75 Å². The highest BCUT2D eigenvalue weighted by atomic mass is 19.3. The van der Waals surface area contributed by atoms with E-state index in [0.717, 1.165) is 12.1 Å². The lowest BCUT2D eigenvalue weighted by Gasteiger charge is -2.12.